The van der Waals surface area contributed by atoms with Crippen LogP contribution in [0.15, 0.2) is 40.5 Å². The summed E-state index contributed by atoms with van der Waals surface area (Å²) in [6, 6.07) is 5.51. The van der Waals surface area contributed by atoms with E-state index < -0.39 is 5.60 Å². The van der Waals surface area contributed by atoms with E-state index >= 15 is 0 Å². The first-order chi connectivity index (χ1) is 15.4. The molecule has 2 fully saturated rings. The Morgan fingerprint density at radius 1 is 1.28 bits per heavy atom. The first-order valence-electron chi connectivity index (χ1n) is 11.2. The summed E-state index contributed by atoms with van der Waals surface area (Å²) < 4.78 is 0. The highest BCUT2D eigenvalue weighted by Gasteiger charge is 2.31. The van der Waals surface area contributed by atoms with Gasteiger partial charge in [-0.3, -0.25) is 4.79 Å². The standard InChI is InChI=1S/C23H30ClN5O2S/c1-16-5-11-29(12-6-16)19-14-27-21(15-26-19)32-18-4-2-3-17(22(18)24)28-20(30)13-23(31)7-9-25-10-8-23/h2-4,14-16,25,31H,5-13H2,1H3,(H,28,30). The Hall–Kier alpha value is -1.87. The molecular formula is C23H30ClN5O2S. The van der Waals surface area contributed by atoms with Crippen LogP contribution in [0, 0.1) is 5.92 Å². The third-order valence-corrected chi connectivity index (χ3v) is 7.70. The van der Waals surface area contributed by atoms with Crippen LogP contribution in [-0.2, 0) is 4.79 Å². The maximum Gasteiger partial charge on any atom is 0.227 e. The van der Waals surface area contributed by atoms with Crippen molar-refractivity contribution in [3.63, 3.8) is 0 Å². The van der Waals surface area contributed by atoms with Gasteiger partial charge in [0.15, 0.2) is 0 Å². The molecule has 1 aromatic heterocycles. The zero-order chi connectivity index (χ0) is 22.6. The molecule has 0 radical (unpaired) electrons. The van der Waals surface area contributed by atoms with Crippen molar-refractivity contribution >= 4 is 40.8 Å². The van der Waals surface area contributed by atoms with Gasteiger partial charge in [0.05, 0.1) is 35.1 Å². The summed E-state index contributed by atoms with van der Waals surface area (Å²) in [5.74, 6) is 1.44. The molecule has 0 unspecified atom stereocenters. The number of carbonyl (C=O) groups excluding carboxylic acids is 1. The van der Waals surface area contributed by atoms with Gasteiger partial charge in [0.25, 0.3) is 0 Å². The molecule has 172 valence electrons. The molecular weight excluding hydrogens is 446 g/mol. The molecule has 1 aromatic carbocycles. The predicted molar refractivity (Wildman–Crippen MR) is 129 cm³/mol. The van der Waals surface area contributed by atoms with Gasteiger partial charge in [-0.05, 0) is 56.8 Å². The lowest BCUT2D eigenvalue weighted by molar-refractivity contribution is -0.122. The largest absolute Gasteiger partial charge is 0.389 e. The summed E-state index contributed by atoms with van der Waals surface area (Å²) in [5, 5.41) is 17.9. The molecule has 0 saturated carbocycles. The number of nitrogens with one attached hydrogen (secondary N) is 2. The fraction of sp³-hybridized carbons (Fsp3) is 0.522. The molecule has 7 nitrogen and oxygen atoms in total. The molecule has 9 heteroatoms. The predicted octanol–water partition coefficient (Wildman–Crippen LogP) is 3.96. The monoisotopic (exact) mass is 475 g/mol. The van der Waals surface area contributed by atoms with E-state index in [-0.39, 0.29) is 12.3 Å². The van der Waals surface area contributed by atoms with Gasteiger partial charge in [-0.15, -0.1) is 0 Å². The summed E-state index contributed by atoms with van der Waals surface area (Å²) in [4.78, 5) is 24.8. The van der Waals surface area contributed by atoms with Crippen LogP contribution >= 0.6 is 23.4 Å². The zero-order valence-electron chi connectivity index (χ0n) is 18.3. The number of benzene rings is 1. The van der Waals surface area contributed by atoms with Crippen molar-refractivity contribution in [2.45, 2.75) is 54.6 Å². The topological polar surface area (TPSA) is 90.4 Å². The van der Waals surface area contributed by atoms with E-state index in [4.69, 9.17) is 11.6 Å². The average Bonchev–Trinajstić information content (AvgIpc) is 2.78. The van der Waals surface area contributed by atoms with Crippen LogP contribution < -0.4 is 15.5 Å². The van der Waals surface area contributed by atoms with Crippen LogP contribution in [0.1, 0.15) is 39.0 Å². The van der Waals surface area contributed by atoms with Gasteiger partial charge in [0.1, 0.15) is 10.8 Å². The van der Waals surface area contributed by atoms with Gasteiger partial charge in [0, 0.05) is 18.0 Å². The second-order valence-electron chi connectivity index (χ2n) is 8.80. The number of aliphatic hydroxyl groups is 1. The molecule has 1 amide bonds. The Bertz CT molecular complexity index is 928. The van der Waals surface area contributed by atoms with Crippen molar-refractivity contribution in [2.75, 3.05) is 36.4 Å². The van der Waals surface area contributed by atoms with Crippen LogP contribution in [0.5, 0.6) is 0 Å². The molecule has 2 aromatic rings. The lowest BCUT2D eigenvalue weighted by Gasteiger charge is -2.31. The Labute approximate surface area is 198 Å². The maximum atomic E-state index is 12.5. The van der Waals surface area contributed by atoms with E-state index in [9.17, 15) is 9.90 Å². The molecule has 2 aliphatic heterocycles. The molecule has 3 N–H and O–H groups in total. The number of carbonyl (C=O) groups is 1. The second-order valence-corrected chi connectivity index (χ2v) is 10.2. The number of hydrogen-bond acceptors (Lipinski definition) is 7. The first-order valence-corrected chi connectivity index (χ1v) is 12.4. The minimum absolute atomic E-state index is 0.0601. The molecule has 4 rings (SSSR count). The summed E-state index contributed by atoms with van der Waals surface area (Å²) in [6.07, 6.45) is 7.14. The fourth-order valence-electron chi connectivity index (χ4n) is 4.12. The maximum absolute atomic E-state index is 12.5. The number of nitrogens with zero attached hydrogens (tertiary/aromatic N) is 3. The molecule has 0 atom stereocenters. The van der Waals surface area contributed by atoms with E-state index in [1.807, 2.05) is 18.3 Å². The SMILES string of the molecule is CC1CCN(c2cnc(Sc3cccc(NC(=O)CC4(O)CCNCC4)c3Cl)cn2)CC1. The number of amides is 1. The Kier molecular flexibility index (Phi) is 7.55. The van der Waals surface area contributed by atoms with Crippen LogP contribution in [0.4, 0.5) is 11.5 Å². The minimum atomic E-state index is -0.960. The van der Waals surface area contributed by atoms with Gasteiger partial charge >= 0.3 is 0 Å². The number of aromatic nitrogens is 2. The van der Waals surface area contributed by atoms with Crippen molar-refractivity contribution in [2.24, 2.45) is 5.92 Å². The Morgan fingerprint density at radius 3 is 2.72 bits per heavy atom. The van der Waals surface area contributed by atoms with Crippen LogP contribution in [0.2, 0.25) is 5.02 Å². The van der Waals surface area contributed by atoms with Gasteiger partial charge in [-0.2, -0.15) is 0 Å². The van der Waals surface area contributed by atoms with Crippen LogP contribution in [0.3, 0.4) is 0 Å². The van der Waals surface area contributed by atoms with Gasteiger partial charge in [-0.1, -0.05) is 36.4 Å². The van der Waals surface area contributed by atoms with Crippen molar-refractivity contribution in [3.8, 4) is 0 Å². The number of anilines is 2. The van der Waals surface area contributed by atoms with E-state index in [0.29, 0.717) is 36.6 Å². The Morgan fingerprint density at radius 2 is 2.03 bits per heavy atom. The smallest absolute Gasteiger partial charge is 0.227 e. The Balaban J connectivity index is 1.38. The third-order valence-electron chi connectivity index (χ3n) is 6.20. The molecule has 2 aliphatic rings. The van der Waals surface area contributed by atoms with Crippen molar-refractivity contribution in [3.05, 3.63) is 35.6 Å². The quantitative estimate of drug-likeness (QED) is 0.582. The van der Waals surface area contributed by atoms with Gasteiger partial charge in [-0.25, -0.2) is 9.97 Å². The number of rotatable bonds is 6. The summed E-state index contributed by atoms with van der Waals surface area (Å²) in [5.41, 5.74) is -0.427. The lowest BCUT2D eigenvalue weighted by Crippen LogP contribution is -2.44. The average molecular weight is 476 g/mol. The van der Waals surface area contributed by atoms with Crippen molar-refractivity contribution in [1.82, 2.24) is 15.3 Å². The second kappa shape index (κ2) is 10.4. The number of piperidine rings is 2. The normalized spacial score (nSPS) is 19.0. The third kappa shape index (κ3) is 5.92. The highest BCUT2D eigenvalue weighted by molar-refractivity contribution is 7.99. The minimum Gasteiger partial charge on any atom is -0.389 e. The highest BCUT2D eigenvalue weighted by Crippen LogP contribution is 2.37. The molecule has 3 heterocycles. The van der Waals surface area contributed by atoms with Crippen LogP contribution in [0.25, 0.3) is 0 Å². The van der Waals surface area contributed by atoms with Crippen molar-refractivity contribution < 1.29 is 9.90 Å². The van der Waals surface area contributed by atoms with Gasteiger partial charge < -0.3 is 20.6 Å². The molecule has 32 heavy (non-hydrogen) atoms. The van der Waals surface area contributed by atoms with E-state index in [1.165, 1.54) is 24.6 Å². The lowest BCUT2D eigenvalue weighted by atomic mass is 9.89. The molecule has 2 saturated heterocycles. The summed E-state index contributed by atoms with van der Waals surface area (Å²) in [7, 11) is 0. The zero-order valence-corrected chi connectivity index (χ0v) is 19.9. The van der Waals surface area contributed by atoms with Crippen LogP contribution in [-0.4, -0.2) is 52.8 Å². The molecule has 0 bridgehead atoms. The summed E-state index contributed by atoms with van der Waals surface area (Å²) >= 11 is 8.00. The molecule has 0 spiro atoms. The summed E-state index contributed by atoms with van der Waals surface area (Å²) in [6.45, 7) is 5.75. The van der Waals surface area contributed by atoms with Gasteiger partial charge in [0.2, 0.25) is 5.91 Å². The fourth-order valence-corrected chi connectivity index (χ4v) is 5.20. The number of halogens is 1. The first kappa shape index (κ1) is 23.3. The van der Waals surface area contributed by atoms with Crippen molar-refractivity contribution in [1.29, 1.82) is 0 Å². The highest BCUT2D eigenvalue weighted by atomic mass is 35.5. The molecule has 0 aliphatic carbocycles. The van der Waals surface area contributed by atoms with E-state index in [1.54, 1.807) is 12.3 Å². The van der Waals surface area contributed by atoms with E-state index in [2.05, 4.69) is 32.4 Å². The number of hydrogen-bond donors (Lipinski definition) is 3. The van der Waals surface area contributed by atoms with E-state index in [0.717, 1.165) is 34.7 Å².